The van der Waals surface area contributed by atoms with Crippen molar-refractivity contribution in [3.05, 3.63) is 35.9 Å². The quantitative estimate of drug-likeness (QED) is 0.717. The fourth-order valence-electron chi connectivity index (χ4n) is 1.48. The molecule has 1 atom stereocenters. The second kappa shape index (κ2) is 22.5. The molecule has 1 aliphatic carbocycles. The van der Waals surface area contributed by atoms with Gasteiger partial charge < -0.3 is 10.2 Å². The van der Waals surface area contributed by atoms with Gasteiger partial charge in [0.15, 0.2) is 0 Å². The summed E-state index contributed by atoms with van der Waals surface area (Å²) in [4.78, 5) is 0. The second-order valence-corrected chi connectivity index (χ2v) is 4.20. The zero-order valence-corrected chi connectivity index (χ0v) is 15.7. The van der Waals surface area contributed by atoms with Crippen LogP contribution in [-0.2, 0) is 11.3 Å². The summed E-state index contributed by atoms with van der Waals surface area (Å²) in [6.45, 7) is 10.8. The SMILES string of the molecule is CC.CC.CC1C#CCCC#CC1.COCc1ccccc1.O. The van der Waals surface area contributed by atoms with Crippen molar-refractivity contribution in [1.82, 2.24) is 0 Å². The van der Waals surface area contributed by atoms with Crippen LogP contribution in [0.25, 0.3) is 0 Å². The van der Waals surface area contributed by atoms with Crippen molar-refractivity contribution >= 4 is 0 Å². The molecule has 0 spiro atoms. The number of hydrogen-bond donors (Lipinski definition) is 0. The van der Waals surface area contributed by atoms with Gasteiger partial charge in [-0.2, -0.15) is 0 Å². The van der Waals surface area contributed by atoms with Gasteiger partial charge in [-0.3, -0.25) is 0 Å². The van der Waals surface area contributed by atoms with Crippen molar-refractivity contribution < 1.29 is 10.2 Å². The molecule has 2 rings (SSSR count). The third kappa shape index (κ3) is 18.2. The van der Waals surface area contributed by atoms with Crippen molar-refractivity contribution in [2.24, 2.45) is 5.92 Å². The first-order chi connectivity index (χ1) is 10.8. The van der Waals surface area contributed by atoms with E-state index in [1.807, 2.05) is 58.0 Å². The normalized spacial score (nSPS) is 13.6. The van der Waals surface area contributed by atoms with E-state index in [1.165, 1.54) is 5.56 Å². The average molecular weight is 319 g/mol. The van der Waals surface area contributed by atoms with Gasteiger partial charge in [-0.15, -0.1) is 17.8 Å². The van der Waals surface area contributed by atoms with Gasteiger partial charge in [0.25, 0.3) is 0 Å². The van der Waals surface area contributed by atoms with E-state index in [0.29, 0.717) is 12.5 Å². The molecule has 2 nitrogen and oxygen atoms in total. The van der Waals surface area contributed by atoms with Crippen LogP contribution in [0.1, 0.15) is 59.4 Å². The van der Waals surface area contributed by atoms with E-state index < -0.39 is 0 Å². The minimum atomic E-state index is 0. The highest BCUT2D eigenvalue weighted by Gasteiger charge is 1.92. The third-order valence-electron chi connectivity index (χ3n) is 2.41. The lowest BCUT2D eigenvalue weighted by molar-refractivity contribution is 0.185. The van der Waals surface area contributed by atoms with Crippen molar-refractivity contribution in [1.29, 1.82) is 0 Å². The maximum absolute atomic E-state index is 4.93. The Kier molecular flexibility index (Phi) is 25.6. The lowest BCUT2D eigenvalue weighted by Crippen LogP contribution is -1.88. The van der Waals surface area contributed by atoms with Gasteiger partial charge in [0.1, 0.15) is 0 Å². The summed E-state index contributed by atoms with van der Waals surface area (Å²) < 4.78 is 4.93. The fourth-order valence-corrected chi connectivity index (χ4v) is 1.48. The zero-order chi connectivity index (χ0) is 17.1. The molecule has 0 saturated heterocycles. The zero-order valence-electron chi connectivity index (χ0n) is 15.7. The highest BCUT2D eigenvalue weighted by Crippen LogP contribution is 2.00. The van der Waals surface area contributed by atoms with Crippen LogP contribution in [0.2, 0.25) is 0 Å². The van der Waals surface area contributed by atoms with Gasteiger partial charge in [0.05, 0.1) is 6.61 Å². The summed E-state index contributed by atoms with van der Waals surface area (Å²) in [5.74, 6) is 12.9. The Balaban J connectivity index is -0.000000276. The third-order valence-corrected chi connectivity index (χ3v) is 2.41. The van der Waals surface area contributed by atoms with Gasteiger partial charge in [-0.1, -0.05) is 70.9 Å². The van der Waals surface area contributed by atoms with E-state index in [4.69, 9.17) is 4.74 Å². The number of benzene rings is 1. The molecule has 2 heteroatoms. The molecule has 0 amide bonds. The van der Waals surface area contributed by atoms with Crippen LogP contribution in [0.5, 0.6) is 0 Å². The number of hydrogen-bond acceptors (Lipinski definition) is 1. The highest BCUT2D eigenvalue weighted by molar-refractivity contribution is 5.13. The summed E-state index contributed by atoms with van der Waals surface area (Å²) in [7, 11) is 1.70. The van der Waals surface area contributed by atoms with E-state index in [9.17, 15) is 0 Å². The Morgan fingerprint density at radius 1 is 0.957 bits per heavy atom. The van der Waals surface area contributed by atoms with Gasteiger partial charge in [0, 0.05) is 32.3 Å². The smallest absolute Gasteiger partial charge is 0.0713 e. The monoisotopic (exact) mass is 318 g/mol. The molecule has 0 bridgehead atoms. The van der Waals surface area contributed by atoms with E-state index in [0.717, 1.165) is 19.3 Å². The lowest BCUT2D eigenvalue weighted by Gasteiger charge is -1.96. The van der Waals surface area contributed by atoms with E-state index >= 15 is 0 Å². The van der Waals surface area contributed by atoms with Crippen molar-refractivity contribution in [2.75, 3.05) is 7.11 Å². The molecule has 23 heavy (non-hydrogen) atoms. The number of methoxy groups -OCH3 is 1. The van der Waals surface area contributed by atoms with Crippen LogP contribution in [0.3, 0.4) is 0 Å². The molecule has 2 N–H and O–H groups in total. The van der Waals surface area contributed by atoms with Crippen molar-refractivity contribution in [2.45, 2.75) is 60.5 Å². The fraction of sp³-hybridized carbons (Fsp3) is 0.524. The minimum Gasteiger partial charge on any atom is -0.412 e. The maximum atomic E-state index is 4.93. The predicted molar refractivity (Wildman–Crippen MR) is 102 cm³/mol. The first kappa shape index (κ1) is 26.2. The first-order valence-electron chi connectivity index (χ1n) is 8.30. The molecule has 0 fully saturated rings. The molecule has 0 heterocycles. The standard InChI is InChI=1S/C9H10.C8H10O.2C2H6.H2O/c1-9-7-5-3-2-4-6-8-9;1-9-7-8-5-3-2-4-6-8;2*1-2;/h9H,2-3,8H2,1H3;2-6H,7H2,1H3;2*1-2H3;1H2. The molecule has 0 saturated carbocycles. The molecule has 0 aliphatic heterocycles. The molecular formula is C21H34O2. The molecule has 1 unspecified atom stereocenters. The Morgan fingerprint density at radius 2 is 1.52 bits per heavy atom. The van der Waals surface area contributed by atoms with Crippen molar-refractivity contribution in [3.63, 3.8) is 0 Å². The first-order valence-corrected chi connectivity index (χ1v) is 8.30. The minimum absolute atomic E-state index is 0. The highest BCUT2D eigenvalue weighted by atomic mass is 16.5. The average Bonchev–Trinajstić information content (AvgIpc) is 2.57. The summed E-state index contributed by atoms with van der Waals surface area (Å²) in [5, 5.41) is 0. The maximum Gasteiger partial charge on any atom is 0.0713 e. The summed E-state index contributed by atoms with van der Waals surface area (Å²) in [5.41, 5.74) is 1.22. The van der Waals surface area contributed by atoms with Gasteiger partial charge in [-0.05, 0) is 5.56 Å². The molecular weight excluding hydrogens is 284 g/mol. The number of rotatable bonds is 2. The van der Waals surface area contributed by atoms with Crippen molar-refractivity contribution in [3.8, 4) is 23.7 Å². The molecule has 0 aromatic heterocycles. The van der Waals surface area contributed by atoms with Crippen LogP contribution in [0.4, 0.5) is 0 Å². The summed E-state index contributed by atoms with van der Waals surface area (Å²) in [6.07, 6.45) is 2.87. The van der Waals surface area contributed by atoms with Crippen LogP contribution < -0.4 is 0 Å². The summed E-state index contributed by atoms with van der Waals surface area (Å²) in [6, 6.07) is 10.1. The van der Waals surface area contributed by atoms with Crippen LogP contribution in [0.15, 0.2) is 30.3 Å². The Morgan fingerprint density at radius 3 is 2.09 bits per heavy atom. The van der Waals surface area contributed by atoms with Gasteiger partial charge in [0.2, 0.25) is 0 Å². The molecule has 1 aliphatic rings. The second-order valence-electron chi connectivity index (χ2n) is 4.20. The van der Waals surface area contributed by atoms with Crippen LogP contribution in [-0.4, -0.2) is 12.6 Å². The predicted octanol–water partition coefficient (Wildman–Crippen LogP) is 4.87. The van der Waals surface area contributed by atoms with E-state index in [1.54, 1.807) is 7.11 Å². The number of ether oxygens (including phenoxy) is 1. The van der Waals surface area contributed by atoms with Gasteiger partial charge in [-0.25, -0.2) is 0 Å². The largest absolute Gasteiger partial charge is 0.412 e. The Bertz CT molecular complexity index is 443. The molecule has 0 radical (unpaired) electrons. The van der Waals surface area contributed by atoms with Crippen LogP contribution in [0, 0.1) is 29.6 Å². The lowest BCUT2D eigenvalue weighted by atomic mass is 10.1. The molecule has 130 valence electrons. The Labute approximate surface area is 144 Å². The molecule has 1 aromatic rings. The van der Waals surface area contributed by atoms with Crippen LogP contribution >= 0.6 is 0 Å². The van der Waals surface area contributed by atoms with Gasteiger partial charge >= 0.3 is 0 Å². The van der Waals surface area contributed by atoms with E-state index in [-0.39, 0.29) is 5.48 Å². The Hall–Kier alpha value is -1.74. The topological polar surface area (TPSA) is 40.7 Å². The molecule has 1 aromatic carbocycles. The van der Waals surface area contributed by atoms with E-state index in [2.05, 4.69) is 30.6 Å². The summed E-state index contributed by atoms with van der Waals surface area (Å²) >= 11 is 0.